The zero-order valence-corrected chi connectivity index (χ0v) is 11.8. The third kappa shape index (κ3) is 5.49. The first-order chi connectivity index (χ1) is 8.31. The fourth-order valence-corrected chi connectivity index (χ4v) is 1.89. The summed E-state index contributed by atoms with van der Waals surface area (Å²) in [5, 5.41) is 8.62. The second-order valence-corrected chi connectivity index (χ2v) is 5.21. The Bertz CT molecular complexity index is 277. The average Bonchev–Trinajstić information content (AvgIpc) is 2.23. The van der Waals surface area contributed by atoms with Gasteiger partial charge in [0.05, 0.1) is 5.92 Å². The van der Waals surface area contributed by atoms with Crippen LogP contribution in [-0.4, -0.2) is 41.0 Å². The number of carbonyl (C=O) groups is 2. The molecule has 106 valence electrons. The molecule has 0 bridgehead atoms. The first kappa shape index (κ1) is 16.9. The molecule has 0 aromatic heterocycles. The maximum Gasteiger partial charge on any atom is 0.303 e. The molecule has 0 aromatic rings. The van der Waals surface area contributed by atoms with Crippen molar-refractivity contribution in [3.63, 3.8) is 0 Å². The molecule has 1 unspecified atom stereocenters. The lowest BCUT2D eigenvalue weighted by molar-refractivity contribution is -0.140. The van der Waals surface area contributed by atoms with Gasteiger partial charge in [0.1, 0.15) is 0 Å². The average molecular weight is 258 g/mol. The molecule has 3 N–H and O–H groups in total. The zero-order valence-electron chi connectivity index (χ0n) is 11.8. The van der Waals surface area contributed by atoms with E-state index in [9.17, 15) is 9.59 Å². The molecule has 0 saturated carbocycles. The fourth-order valence-electron chi connectivity index (χ4n) is 1.89. The van der Waals surface area contributed by atoms with Crippen LogP contribution in [-0.2, 0) is 9.59 Å². The van der Waals surface area contributed by atoms with E-state index >= 15 is 0 Å². The van der Waals surface area contributed by atoms with Crippen LogP contribution in [0.25, 0.3) is 0 Å². The van der Waals surface area contributed by atoms with Gasteiger partial charge in [0.2, 0.25) is 5.91 Å². The van der Waals surface area contributed by atoms with Crippen molar-refractivity contribution in [1.82, 2.24) is 4.90 Å². The summed E-state index contributed by atoms with van der Waals surface area (Å²) in [6.07, 6.45) is 0.570. The number of carbonyl (C=O) groups excluding carboxylic acids is 1. The Morgan fingerprint density at radius 2 is 1.78 bits per heavy atom. The third-order valence-electron chi connectivity index (χ3n) is 3.07. The van der Waals surface area contributed by atoms with Crippen LogP contribution in [0.4, 0.5) is 0 Å². The Balaban J connectivity index is 4.57. The van der Waals surface area contributed by atoms with E-state index in [2.05, 4.69) is 0 Å². The second kappa shape index (κ2) is 8.08. The van der Waals surface area contributed by atoms with Gasteiger partial charge in [0.15, 0.2) is 0 Å². The Morgan fingerprint density at radius 3 is 2.11 bits per heavy atom. The highest BCUT2D eigenvalue weighted by molar-refractivity contribution is 5.79. The van der Waals surface area contributed by atoms with E-state index in [0.717, 1.165) is 0 Å². The van der Waals surface area contributed by atoms with Crippen molar-refractivity contribution in [2.75, 3.05) is 13.1 Å². The molecule has 1 atom stereocenters. The minimum atomic E-state index is -0.828. The Morgan fingerprint density at radius 1 is 1.22 bits per heavy atom. The maximum absolute atomic E-state index is 12.3. The molecule has 18 heavy (non-hydrogen) atoms. The highest BCUT2D eigenvalue weighted by atomic mass is 16.4. The van der Waals surface area contributed by atoms with Gasteiger partial charge in [-0.2, -0.15) is 0 Å². The largest absolute Gasteiger partial charge is 0.481 e. The summed E-state index contributed by atoms with van der Waals surface area (Å²) in [6.45, 7) is 8.64. The maximum atomic E-state index is 12.3. The van der Waals surface area contributed by atoms with Crippen molar-refractivity contribution in [2.24, 2.45) is 17.6 Å². The molecule has 0 aliphatic rings. The first-order valence-electron chi connectivity index (χ1n) is 6.53. The van der Waals surface area contributed by atoms with E-state index < -0.39 is 5.97 Å². The van der Waals surface area contributed by atoms with Gasteiger partial charge in [-0.05, 0) is 26.2 Å². The van der Waals surface area contributed by atoms with Crippen LogP contribution < -0.4 is 5.73 Å². The summed E-state index contributed by atoms with van der Waals surface area (Å²) in [7, 11) is 0. The predicted octanol–water partition coefficient (Wildman–Crippen LogP) is 1.32. The standard InChI is InChI=1S/C13H26N2O3/c1-9(2)11(8-14)13(18)15(10(3)4)7-5-6-12(16)17/h9-11H,5-8,14H2,1-4H3,(H,16,17). The molecule has 0 heterocycles. The van der Waals surface area contributed by atoms with Gasteiger partial charge in [0, 0.05) is 25.6 Å². The van der Waals surface area contributed by atoms with Gasteiger partial charge in [-0.15, -0.1) is 0 Å². The fraction of sp³-hybridized carbons (Fsp3) is 0.846. The third-order valence-corrected chi connectivity index (χ3v) is 3.07. The van der Waals surface area contributed by atoms with Crippen LogP contribution in [0.15, 0.2) is 0 Å². The van der Waals surface area contributed by atoms with E-state index in [4.69, 9.17) is 10.8 Å². The van der Waals surface area contributed by atoms with Gasteiger partial charge in [-0.3, -0.25) is 9.59 Å². The summed E-state index contributed by atoms with van der Waals surface area (Å²) in [4.78, 5) is 24.6. The molecule has 0 fully saturated rings. The number of hydrogen-bond acceptors (Lipinski definition) is 3. The summed E-state index contributed by atoms with van der Waals surface area (Å²) in [5.74, 6) is -0.779. The summed E-state index contributed by atoms with van der Waals surface area (Å²) >= 11 is 0. The van der Waals surface area contributed by atoms with Gasteiger partial charge in [-0.1, -0.05) is 13.8 Å². The summed E-state index contributed by atoms with van der Waals surface area (Å²) in [5.41, 5.74) is 5.65. The monoisotopic (exact) mass is 258 g/mol. The highest BCUT2D eigenvalue weighted by Gasteiger charge is 2.27. The number of hydrogen-bond donors (Lipinski definition) is 2. The molecular weight excluding hydrogens is 232 g/mol. The smallest absolute Gasteiger partial charge is 0.303 e. The van der Waals surface area contributed by atoms with Crippen molar-refractivity contribution in [2.45, 2.75) is 46.6 Å². The molecule has 5 heteroatoms. The van der Waals surface area contributed by atoms with Crippen molar-refractivity contribution >= 4 is 11.9 Å². The van der Waals surface area contributed by atoms with Crippen molar-refractivity contribution < 1.29 is 14.7 Å². The van der Waals surface area contributed by atoms with Gasteiger partial charge in [-0.25, -0.2) is 0 Å². The van der Waals surface area contributed by atoms with Crippen LogP contribution in [0.1, 0.15) is 40.5 Å². The van der Waals surface area contributed by atoms with E-state index in [1.54, 1.807) is 4.90 Å². The van der Waals surface area contributed by atoms with Crippen molar-refractivity contribution in [3.05, 3.63) is 0 Å². The zero-order chi connectivity index (χ0) is 14.3. The van der Waals surface area contributed by atoms with Gasteiger partial charge >= 0.3 is 5.97 Å². The lowest BCUT2D eigenvalue weighted by Crippen LogP contribution is -2.45. The minimum Gasteiger partial charge on any atom is -0.481 e. The molecule has 0 aliphatic carbocycles. The molecule has 5 nitrogen and oxygen atoms in total. The quantitative estimate of drug-likeness (QED) is 0.687. The predicted molar refractivity (Wildman–Crippen MR) is 71.1 cm³/mol. The Hall–Kier alpha value is -1.10. The number of aliphatic carboxylic acids is 1. The lowest BCUT2D eigenvalue weighted by atomic mass is 9.94. The number of nitrogens with two attached hydrogens (primary N) is 1. The van der Waals surface area contributed by atoms with Crippen molar-refractivity contribution in [1.29, 1.82) is 0 Å². The molecular formula is C13H26N2O3. The Kier molecular flexibility index (Phi) is 7.59. The second-order valence-electron chi connectivity index (χ2n) is 5.21. The summed E-state index contributed by atoms with van der Waals surface area (Å²) < 4.78 is 0. The van der Waals surface area contributed by atoms with Crippen LogP contribution in [0.3, 0.4) is 0 Å². The van der Waals surface area contributed by atoms with Gasteiger partial charge in [0.25, 0.3) is 0 Å². The number of nitrogens with zero attached hydrogens (tertiary/aromatic N) is 1. The molecule has 0 rings (SSSR count). The lowest BCUT2D eigenvalue weighted by Gasteiger charge is -2.31. The van der Waals surface area contributed by atoms with Crippen molar-refractivity contribution in [3.8, 4) is 0 Å². The van der Waals surface area contributed by atoms with Crippen LogP contribution >= 0.6 is 0 Å². The number of carboxylic acid groups (broad SMARTS) is 1. The molecule has 0 aromatic carbocycles. The number of amides is 1. The molecule has 1 amide bonds. The van der Waals surface area contributed by atoms with Gasteiger partial charge < -0.3 is 15.7 Å². The van der Waals surface area contributed by atoms with E-state index in [0.29, 0.717) is 19.5 Å². The van der Waals surface area contributed by atoms with E-state index in [1.165, 1.54) is 0 Å². The van der Waals surface area contributed by atoms with Crippen LogP contribution in [0.5, 0.6) is 0 Å². The first-order valence-corrected chi connectivity index (χ1v) is 6.53. The number of carboxylic acids is 1. The van der Waals surface area contributed by atoms with E-state index in [-0.39, 0.29) is 30.2 Å². The Labute approximate surface area is 109 Å². The van der Waals surface area contributed by atoms with E-state index in [1.807, 2.05) is 27.7 Å². The highest BCUT2D eigenvalue weighted by Crippen LogP contribution is 2.15. The molecule has 0 spiro atoms. The normalized spacial score (nSPS) is 12.8. The molecule has 0 radical (unpaired) electrons. The summed E-state index contributed by atoms with van der Waals surface area (Å²) in [6, 6.07) is 0.0686. The molecule has 0 aliphatic heterocycles. The van der Waals surface area contributed by atoms with Crippen LogP contribution in [0.2, 0.25) is 0 Å². The van der Waals surface area contributed by atoms with Crippen LogP contribution in [0, 0.1) is 11.8 Å². The number of rotatable bonds is 8. The SMILES string of the molecule is CC(C)C(CN)C(=O)N(CCCC(=O)O)C(C)C. The topological polar surface area (TPSA) is 83.6 Å². The minimum absolute atomic E-state index is 0.0351. The molecule has 0 saturated heterocycles.